The van der Waals surface area contributed by atoms with Crippen LogP contribution in [0.1, 0.15) is 34.7 Å². The molecule has 2 heterocycles. The standard InChI is InChI=1S/C20H24N2/c1-2-7-18-15-22(13-10-16(18)5-1)14-11-20-19-8-4-3-6-17(19)9-12-21-20/h1-8,20-21H,9-15H2. The molecule has 1 N–H and O–H groups in total. The van der Waals surface area contributed by atoms with Crippen molar-refractivity contribution < 1.29 is 0 Å². The molecule has 1 unspecified atom stereocenters. The molecular formula is C20H24N2. The van der Waals surface area contributed by atoms with Gasteiger partial charge in [0.15, 0.2) is 0 Å². The summed E-state index contributed by atoms with van der Waals surface area (Å²) in [6.07, 6.45) is 3.58. The third-order valence-electron chi connectivity index (χ3n) is 5.16. The van der Waals surface area contributed by atoms with Gasteiger partial charge in [0.05, 0.1) is 0 Å². The fourth-order valence-corrected chi connectivity index (χ4v) is 3.91. The Balaban J connectivity index is 1.40. The van der Waals surface area contributed by atoms with Crippen molar-refractivity contribution in [3.8, 4) is 0 Å². The topological polar surface area (TPSA) is 15.3 Å². The number of benzene rings is 2. The Hall–Kier alpha value is -1.64. The number of hydrogen-bond donors (Lipinski definition) is 1. The molecule has 22 heavy (non-hydrogen) atoms. The smallest absolute Gasteiger partial charge is 0.0335 e. The van der Waals surface area contributed by atoms with Gasteiger partial charge < -0.3 is 5.32 Å². The maximum Gasteiger partial charge on any atom is 0.0335 e. The molecule has 2 aliphatic heterocycles. The SMILES string of the molecule is c1ccc2c(c1)CCN(CCC1NCCc3ccccc31)C2. The number of fused-ring (bicyclic) bond motifs is 2. The van der Waals surface area contributed by atoms with Gasteiger partial charge in [0, 0.05) is 25.7 Å². The highest BCUT2D eigenvalue weighted by atomic mass is 15.1. The molecule has 2 aromatic rings. The molecule has 2 heteroatoms. The molecule has 114 valence electrons. The van der Waals surface area contributed by atoms with Gasteiger partial charge in [-0.25, -0.2) is 0 Å². The summed E-state index contributed by atoms with van der Waals surface area (Å²) in [5, 5.41) is 3.71. The number of hydrogen-bond acceptors (Lipinski definition) is 2. The average Bonchev–Trinajstić information content (AvgIpc) is 2.60. The van der Waals surface area contributed by atoms with Crippen molar-refractivity contribution in [2.24, 2.45) is 0 Å². The minimum atomic E-state index is 0.530. The molecule has 0 spiro atoms. The van der Waals surface area contributed by atoms with Gasteiger partial charge in [-0.05, 0) is 48.1 Å². The molecular weight excluding hydrogens is 268 g/mol. The minimum Gasteiger partial charge on any atom is -0.310 e. The molecule has 2 aliphatic rings. The summed E-state index contributed by atoms with van der Waals surface area (Å²) in [5.74, 6) is 0. The monoisotopic (exact) mass is 292 g/mol. The van der Waals surface area contributed by atoms with E-state index in [0.29, 0.717) is 6.04 Å². The van der Waals surface area contributed by atoms with Crippen molar-refractivity contribution in [3.63, 3.8) is 0 Å². The summed E-state index contributed by atoms with van der Waals surface area (Å²) in [6, 6.07) is 18.4. The van der Waals surface area contributed by atoms with Crippen LogP contribution in [0.2, 0.25) is 0 Å². The second-order valence-electron chi connectivity index (χ2n) is 6.54. The lowest BCUT2D eigenvalue weighted by molar-refractivity contribution is 0.237. The van der Waals surface area contributed by atoms with E-state index in [1.54, 1.807) is 5.56 Å². The lowest BCUT2D eigenvalue weighted by Gasteiger charge is -2.32. The molecule has 0 saturated carbocycles. The van der Waals surface area contributed by atoms with Gasteiger partial charge in [-0.2, -0.15) is 0 Å². The van der Waals surface area contributed by atoms with Crippen LogP contribution in [0.3, 0.4) is 0 Å². The Bertz CT molecular complexity index is 650. The molecule has 0 bridgehead atoms. The summed E-state index contributed by atoms with van der Waals surface area (Å²) >= 11 is 0. The predicted molar refractivity (Wildman–Crippen MR) is 90.9 cm³/mol. The van der Waals surface area contributed by atoms with E-state index in [4.69, 9.17) is 0 Å². The lowest BCUT2D eigenvalue weighted by atomic mass is 9.92. The first kappa shape index (κ1) is 14.0. The van der Waals surface area contributed by atoms with Gasteiger partial charge in [0.25, 0.3) is 0 Å². The van der Waals surface area contributed by atoms with Crippen LogP contribution in [0.5, 0.6) is 0 Å². The van der Waals surface area contributed by atoms with Gasteiger partial charge in [-0.3, -0.25) is 4.90 Å². The van der Waals surface area contributed by atoms with E-state index in [0.717, 1.165) is 13.1 Å². The first-order valence-corrected chi connectivity index (χ1v) is 8.50. The van der Waals surface area contributed by atoms with Crippen LogP contribution >= 0.6 is 0 Å². The Morgan fingerprint density at radius 2 is 1.68 bits per heavy atom. The van der Waals surface area contributed by atoms with Crippen molar-refractivity contribution in [1.29, 1.82) is 0 Å². The normalized spacial score (nSPS) is 21.2. The third-order valence-corrected chi connectivity index (χ3v) is 5.16. The maximum absolute atomic E-state index is 3.71. The highest BCUT2D eigenvalue weighted by molar-refractivity contribution is 5.32. The van der Waals surface area contributed by atoms with Crippen molar-refractivity contribution in [2.45, 2.75) is 31.8 Å². The maximum atomic E-state index is 3.71. The minimum absolute atomic E-state index is 0.530. The zero-order chi connectivity index (χ0) is 14.8. The van der Waals surface area contributed by atoms with Crippen LogP contribution in [0.4, 0.5) is 0 Å². The number of nitrogens with one attached hydrogen (secondary N) is 1. The molecule has 0 aliphatic carbocycles. The quantitative estimate of drug-likeness (QED) is 0.933. The van der Waals surface area contributed by atoms with Gasteiger partial charge in [0.1, 0.15) is 0 Å². The molecule has 0 fully saturated rings. The summed E-state index contributed by atoms with van der Waals surface area (Å²) in [4.78, 5) is 2.61. The average molecular weight is 292 g/mol. The van der Waals surface area contributed by atoms with E-state index in [-0.39, 0.29) is 0 Å². The molecule has 0 amide bonds. The molecule has 4 rings (SSSR count). The Labute approximate surface area is 133 Å². The summed E-state index contributed by atoms with van der Waals surface area (Å²) in [5.41, 5.74) is 6.12. The summed E-state index contributed by atoms with van der Waals surface area (Å²) in [6.45, 7) is 4.61. The van der Waals surface area contributed by atoms with Crippen molar-refractivity contribution in [2.75, 3.05) is 19.6 Å². The summed E-state index contributed by atoms with van der Waals surface area (Å²) in [7, 11) is 0. The fourth-order valence-electron chi connectivity index (χ4n) is 3.91. The van der Waals surface area contributed by atoms with E-state index in [1.807, 2.05) is 0 Å². The van der Waals surface area contributed by atoms with E-state index in [2.05, 4.69) is 58.7 Å². The Kier molecular flexibility index (Phi) is 3.96. The predicted octanol–water partition coefficient (Wildman–Crippen LogP) is 3.32. The molecule has 2 nitrogen and oxygen atoms in total. The first-order chi connectivity index (χ1) is 10.9. The van der Waals surface area contributed by atoms with Crippen LogP contribution in [-0.4, -0.2) is 24.5 Å². The van der Waals surface area contributed by atoms with Crippen LogP contribution in [0, 0.1) is 0 Å². The Morgan fingerprint density at radius 1 is 0.909 bits per heavy atom. The molecule has 0 saturated heterocycles. The third kappa shape index (κ3) is 2.81. The van der Waals surface area contributed by atoms with Gasteiger partial charge in [-0.1, -0.05) is 48.5 Å². The largest absolute Gasteiger partial charge is 0.310 e. The van der Waals surface area contributed by atoms with Crippen LogP contribution in [-0.2, 0) is 19.4 Å². The lowest BCUT2D eigenvalue weighted by Crippen LogP contribution is -2.36. The van der Waals surface area contributed by atoms with Gasteiger partial charge in [-0.15, -0.1) is 0 Å². The molecule has 0 aromatic heterocycles. The van der Waals surface area contributed by atoms with Crippen molar-refractivity contribution in [3.05, 3.63) is 70.8 Å². The highest BCUT2D eigenvalue weighted by Gasteiger charge is 2.21. The van der Waals surface area contributed by atoms with E-state index < -0.39 is 0 Å². The van der Waals surface area contributed by atoms with Gasteiger partial charge >= 0.3 is 0 Å². The zero-order valence-corrected chi connectivity index (χ0v) is 13.1. The molecule has 0 radical (unpaired) electrons. The van der Waals surface area contributed by atoms with Crippen molar-refractivity contribution >= 4 is 0 Å². The van der Waals surface area contributed by atoms with E-state index in [9.17, 15) is 0 Å². The second kappa shape index (κ2) is 6.23. The first-order valence-electron chi connectivity index (χ1n) is 8.50. The van der Waals surface area contributed by atoms with E-state index >= 15 is 0 Å². The van der Waals surface area contributed by atoms with Crippen LogP contribution in [0.15, 0.2) is 48.5 Å². The highest BCUT2D eigenvalue weighted by Crippen LogP contribution is 2.26. The molecule has 2 aromatic carbocycles. The molecule has 1 atom stereocenters. The van der Waals surface area contributed by atoms with Crippen LogP contribution < -0.4 is 5.32 Å². The van der Waals surface area contributed by atoms with Crippen LogP contribution in [0.25, 0.3) is 0 Å². The number of nitrogens with zero attached hydrogens (tertiary/aromatic N) is 1. The number of rotatable bonds is 3. The fraction of sp³-hybridized carbons (Fsp3) is 0.400. The second-order valence-corrected chi connectivity index (χ2v) is 6.54. The van der Waals surface area contributed by atoms with Crippen molar-refractivity contribution in [1.82, 2.24) is 10.2 Å². The van der Waals surface area contributed by atoms with Gasteiger partial charge in [0.2, 0.25) is 0 Å². The zero-order valence-electron chi connectivity index (χ0n) is 13.1. The summed E-state index contributed by atoms with van der Waals surface area (Å²) < 4.78 is 0. The Morgan fingerprint density at radius 3 is 2.59 bits per heavy atom. The van der Waals surface area contributed by atoms with E-state index in [1.165, 1.54) is 49.0 Å².